The lowest BCUT2D eigenvalue weighted by atomic mass is 10.3. The van der Waals surface area contributed by atoms with Gasteiger partial charge in [-0.25, -0.2) is 0 Å². The predicted molar refractivity (Wildman–Crippen MR) is 191 cm³/mol. The molecule has 0 fully saturated rings. The Hall–Kier alpha value is -3.28. The highest BCUT2D eigenvalue weighted by Gasteiger charge is 2.00. The van der Waals surface area contributed by atoms with Crippen LogP contribution in [0.15, 0.2) is 72.8 Å². The minimum atomic E-state index is -0.190. The third-order valence-corrected chi connectivity index (χ3v) is 3.04. The van der Waals surface area contributed by atoms with Crippen molar-refractivity contribution in [2.75, 3.05) is 13.1 Å². The molecule has 6 heteroatoms. The summed E-state index contributed by atoms with van der Waals surface area (Å²) in [6.07, 6.45) is 3.17. The molecule has 6 nitrogen and oxygen atoms in total. The second-order valence-corrected chi connectivity index (χ2v) is 7.70. The summed E-state index contributed by atoms with van der Waals surface area (Å²) in [6.45, 7) is 19.9. The summed E-state index contributed by atoms with van der Waals surface area (Å²) in [6, 6.07) is 24.0. The third kappa shape index (κ3) is 109. The average Bonchev–Trinajstić information content (AvgIpc) is 2.88. The van der Waals surface area contributed by atoms with Crippen LogP contribution in [0.2, 0.25) is 0 Å². The zero-order valence-electron chi connectivity index (χ0n) is 25.8. The van der Waals surface area contributed by atoms with Crippen molar-refractivity contribution in [2.24, 2.45) is 0 Å². The van der Waals surface area contributed by atoms with Gasteiger partial charge in [-0.1, -0.05) is 150 Å². The highest BCUT2D eigenvalue weighted by molar-refractivity contribution is 5.96. The van der Waals surface area contributed by atoms with Crippen LogP contribution in [0, 0.1) is 0 Å². The average molecular weight is 597 g/mol. The fourth-order valence-corrected chi connectivity index (χ4v) is 1.50. The van der Waals surface area contributed by atoms with E-state index in [-0.39, 0.29) is 59.5 Å². The Bertz CT molecular complexity index is 635. The molecule has 0 saturated carbocycles. The molecule has 0 aromatic heterocycles. The number of carbonyl (C=O) groups is 4. The summed E-state index contributed by atoms with van der Waals surface area (Å²) >= 11 is 0. The third-order valence-electron chi connectivity index (χ3n) is 3.04. The zero-order valence-corrected chi connectivity index (χ0v) is 25.8. The van der Waals surface area contributed by atoms with Gasteiger partial charge in [0.05, 0.1) is 6.42 Å². The monoisotopic (exact) mass is 597 g/mol. The van der Waals surface area contributed by atoms with Gasteiger partial charge >= 0.3 is 0 Å². The van der Waals surface area contributed by atoms with Gasteiger partial charge in [-0.15, -0.1) is 0 Å². The fraction of sp³-hybridized carbons (Fsp3) is 0.556. The second-order valence-electron chi connectivity index (χ2n) is 7.70. The Morgan fingerprint density at radius 2 is 0.667 bits per heavy atom. The molecule has 2 amide bonds. The second kappa shape index (κ2) is 61.7. The van der Waals surface area contributed by atoms with Crippen molar-refractivity contribution in [3.05, 3.63) is 72.8 Å². The number of hydrogen-bond donors (Lipinski definition) is 2. The topological polar surface area (TPSA) is 92.3 Å². The van der Waals surface area contributed by atoms with Gasteiger partial charge in [-0.2, -0.15) is 0 Å². The number of Topliss-reactive ketones (excluding diaryl/α,β-unsaturated/α-hetero) is 2. The maximum Gasteiger partial charge on any atom is 0.227 e. The van der Waals surface area contributed by atoms with Crippen molar-refractivity contribution < 1.29 is 19.2 Å². The molecule has 0 unspecified atom stereocenters. The molecule has 2 rings (SSSR count). The van der Waals surface area contributed by atoms with Crippen molar-refractivity contribution in [1.29, 1.82) is 0 Å². The first-order valence-electron chi connectivity index (χ1n) is 13.5. The van der Waals surface area contributed by atoms with E-state index in [4.69, 9.17) is 0 Å². The van der Waals surface area contributed by atoms with Gasteiger partial charge in [-0.3, -0.25) is 14.4 Å². The van der Waals surface area contributed by atoms with Crippen LogP contribution in [-0.4, -0.2) is 36.5 Å². The number of rotatable bonds is 5. The largest absolute Gasteiger partial charge is 0.357 e. The standard InChI is InChI=1S/C6H11NO2.2C6H6.C4H9NO.C4H8O.2C3H8.4CH4/c1-3-7-6(9)4-5(2)8;2*1-2-4-6-5-3-1;1-3-5-4(2)6;1-3-4(2)5;2*1-3-2;;;;/h3-4H2,1-2H3,(H,7,9);2*1-6H;3H2,1-2H3,(H,5,6);3H2,1-2H3;2*3H2,1-2H3;4*1H4. The Morgan fingerprint density at radius 3 is 0.762 bits per heavy atom. The van der Waals surface area contributed by atoms with E-state index in [1.54, 1.807) is 6.92 Å². The summed E-state index contributed by atoms with van der Waals surface area (Å²) in [5.74, 6) is 0.00782. The Morgan fingerprint density at radius 1 is 0.452 bits per heavy atom. The molecule has 0 bridgehead atoms. The smallest absolute Gasteiger partial charge is 0.227 e. The molecule has 0 radical (unpaired) electrons. The van der Waals surface area contributed by atoms with Gasteiger partial charge in [-0.05, 0) is 27.7 Å². The number of amides is 2. The summed E-state index contributed by atoms with van der Waals surface area (Å²) in [5.41, 5.74) is 0. The van der Waals surface area contributed by atoms with Gasteiger partial charge in [0, 0.05) is 26.4 Å². The van der Waals surface area contributed by atoms with Gasteiger partial charge in [0.15, 0.2) is 0 Å². The fourth-order valence-electron chi connectivity index (χ4n) is 1.50. The lowest BCUT2D eigenvalue weighted by molar-refractivity contribution is -0.127. The van der Waals surface area contributed by atoms with Crippen LogP contribution in [0.4, 0.5) is 0 Å². The number of carbonyl (C=O) groups excluding carboxylic acids is 4. The van der Waals surface area contributed by atoms with Crippen LogP contribution in [-0.2, 0) is 19.2 Å². The number of ketones is 2. The van der Waals surface area contributed by atoms with Crippen molar-refractivity contribution in [1.82, 2.24) is 10.6 Å². The SMILES string of the molecule is C.C.C.C.CCC.CCC.CCC(C)=O.CCNC(=O)CC(C)=O.CCNC(C)=O.c1ccccc1.c1ccccc1. The molecule has 250 valence electrons. The Balaban J connectivity index is -0.0000000436. The number of nitrogens with one attached hydrogen (secondary N) is 2. The molecule has 0 spiro atoms. The van der Waals surface area contributed by atoms with Crippen LogP contribution in [0.3, 0.4) is 0 Å². The number of hydrogen-bond acceptors (Lipinski definition) is 4. The van der Waals surface area contributed by atoms with E-state index < -0.39 is 0 Å². The van der Waals surface area contributed by atoms with Crippen molar-refractivity contribution >= 4 is 23.4 Å². The van der Waals surface area contributed by atoms with Crippen molar-refractivity contribution in [3.63, 3.8) is 0 Å². The molecule has 0 saturated heterocycles. The van der Waals surface area contributed by atoms with Crippen LogP contribution < -0.4 is 10.6 Å². The van der Waals surface area contributed by atoms with Crippen LogP contribution >= 0.6 is 0 Å². The Labute approximate surface area is 263 Å². The van der Waals surface area contributed by atoms with Gasteiger partial charge in [0.1, 0.15) is 11.6 Å². The summed E-state index contributed by atoms with van der Waals surface area (Å²) in [5, 5.41) is 5.09. The molecule has 2 aromatic rings. The van der Waals surface area contributed by atoms with Gasteiger partial charge in [0.2, 0.25) is 11.8 Å². The molecule has 0 aliphatic heterocycles. The van der Waals surface area contributed by atoms with E-state index in [9.17, 15) is 19.2 Å². The Kier molecular flexibility index (Phi) is 91.6. The molecular weight excluding hydrogens is 524 g/mol. The van der Waals surface area contributed by atoms with Crippen LogP contribution in [0.1, 0.15) is 125 Å². The van der Waals surface area contributed by atoms with Gasteiger partial charge < -0.3 is 15.4 Å². The first-order chi connectivity index (χ1) is 18.0. The zero-order chi connectivity index (χ0) is 30.5. The number of benzene rings is 2. The molecule has 2 N–H and O–H groups in total. The highest BCUT2D eigenvalue weighted by atomic mass is 16.2. The van der Waals surface area contributed by atoms with E-state index in [1.807, 2.05) is 93.6 Å². The predicted octanol–water partition coefficient (Wildman–Crippen LogP) is 9.98. The van der Waals surface area contributed by atoms with Gasteiger partial charge in [0.25, 0.3) is 0 Å². The molecule has 0 aliphatic carbocycles. The van der Waals surface area contributed by atoms with E-state index in [0.29, 0.717) is 13.0 Å². The van der Waals surface area contributed by atoms with E-state index >= 15 is 0 Å². The molecule has 42 heavy (non-hydrogen) atoms. The van der Waals surface area contributed by atoms with E-state index in [1.165, 1.54) is 26.7 Å². The van der Waals surface area contributed by atoms with E-state index in [2.05, 4.69) is 38.3 Å². The maximum absolute atomic E-state index is 10.5. The highest BCUT2D eigenvalue weighted by Crippen LogP contribution is 1.81. The van der Waals surface area contributed by atoms with Crippen LogP contribution in [0.5, 0.6) is 0 Å². The first-order valence-corrected chi connectivity index (χ1v) is 13.5. The van der Waals surface area contributed by atoms with Crippen molar-refractivity contribution in [2.45, 2.75) is 125 Å². The first kappa shape index (κ1) is 62.4. The lowest BCUT2D eigenvalue weighted by Gasteiger charge is -1.96. The molecule has 0 heterocycles. The minimum Gasteiger partial charge on any atom is -0.357 e. The quantitative estimate of drug-likeness (QED) is 0.336. The normalized spacial score (nSPS) is 7.00. The molecular formula is C36H72N2O4. The van der Waals surface area contributed by atoms with E-state index in [0.717, 1.165) is 6.54 Å². The molecule has 0 aliphatic rings. The maximum atomic E-state index is 10.5. The summed E-state index contributed by atoms with van der Waals surface area (Å²) in [4.78, 5) is 40.5. The summed E-state index contributed by atoms with van der Waals surface area (Å²) in [7, 11) is 0. The van der Waals surface area contributed by atoms with Crippen molar-refractivity contribution in [3.8, 4) is 0 Å². The van der Waals surface area contributed by atoms with Crippen LogP contribution in [0.25, 0.3) is 0 Å². The minimum absolute atomic E-state index is 0. The molecule has 0 atom stereocenters. The molecule has 2 aromatic carbocycles. The summed E-state index contributed by atoms with van der Waals surface area (Å²) < 4.78 is 0. The lowest BCUT2D eigenvalue weighted by Crippen LogP contribution is -2.24.